The number of fused-ring (bicyclic) bond motifs is 1. The fourth-order valence-corrected chi connectivity index (χ4v) is 2.71. The molecule has 102 valence electrons. The number of urea groups is 1. The van der Waals surface area contributed by atoms with Crippen LogP contribution in [-0.2, 0) is 9.53 Å². The lowest BCUT2D eigenvalue weighted by molar-refractivity contribution is -0.137. The van der Waals surface area contributed by atoms with Crippen LogP contribution in [0.3, 0.4) is 0 Å². The van der Waals surface area contributed by atoms with E-state index in [-0.39, 0.29) is 24.6 Å². The van der Waals surface area contributed by atoms with Crippen LogP contribution in [0.5, 0.6) is 0 Å². The first-order valence-corrected chi connectivity index (χ1v) is 6.56. The van der Waals surface area contributed by atoms with Gasteiger partial charge < -0.3 is 20.1 Å². The van der Waals surface area contributed by atoms with Gasteiger partial charge >= 0.3 is 12.0 Å². The van der Waals surface area contributed by atoms with Gasteiger partial charge in [-0.2, -0.15) is 0 Å². The van der Waals surface area contributed by atoms with Gasteiger partial charge in [0.05, 0.1) is 18.8 Å². The molecule has 1 saturated heterocycles. The van der Waals surface area contributed by atoms with Gasteiger partial charge in [-0.3, -0.25) is 4.79 Å². The Hall–Kier alpha value is -1.30. The summed E-state index contributed by atoms with van der Waals surface area (Å²) in [5.74, 6) is -0.827. The number of nitrogens with one attached hydrogen (secondary N) is 1. The number of rotatable bonds is 4. The van der Waals surface area contributed by atoms with Crippen molar-refractivity contribution in [2.45, 2.75) is 44.2 Å². The van der Waals surface area contributed by atoms with Crippen LogP contribution >= 0.6 is 0 Å². The van der Waals surface area contributed by atoms with E-state index in [1.54, 1.807) is 0 Å². The van der Waals surface area contributed by atoms with Crippen LogP contribution < -0.4 is 5.32 Å². The van der Waals surface area contributed by atoms with E-state index in [1.165, 1.54) is 0 Å². The first-order valence-electron chi connectivity index (χ1n) is 6.56. The summed E-state index contributed by atoms with van der Waals surface area (Å²) in [6, 6.07) is 0.124. The lowest BCUT2D eigenvalue weighted by atomic mass is 10.1. The predicted octanol–water partition coefficient (Wildman–Crippen LogP) is 0.814. The monoisotopic (exact) mass is 256 g/mol. The summed E-state index contributed by atoms with van der Waals surface area (Å²) in [6.45, 7) is 1.65. The Morgan fingerprint density at radius 2 is 2.22 bits per heavy atom. The zero-order valence-corrected chi connectivity index (χ0v) is 10.4. The van der Waals surface area contributed by atoms with Crippen molar-refractivity contribution >= 4 is 12.0 Å². The van der Waals surface area contributed by atoms with Crippen molar-refractivity contribution < 1.29 is 19.4 Å². The van der Waals surface area contributed by atoms with Gasteiger partial charge in [-0.05, 0) is 25.7 Å². The number of ether oxygens (including phenoxy) is 1. The van der Waals surface area contributed by atoms with Crippen LogP contribution in [0, 0.1) is 0 Å². The summed E-state index contributed by atoms with van der Waals surface area (Å²) in [5, 5.41) is 11.3. The van der Waals surface area contributed by atoms with E-state index < -0.39 is 5.97 Å². The van der Waals surface area contributed by atoms with Crippen molar-refractivity contribution in [3.05, 3.63) is 0 Å². The minimum absolute atomic E-state index is 0.0828. The smallest absolute Gasteiger partial charge is 0.317 e. The van der Waals surface area contributed by atoms with Gasteiger partial charge in [-0.1, -0.05) is 0 Å². The molecule has 0 aromatic carbocycles. The minimum Gasteiger partial charge on any atom is -0.481 e. The highest BCUT2D eigenvalue weighted by Gasteiger charge is 2.38. The highest BCUT2D eigenvalue weighted by atomic mass is 16.5. The molecule has 2 aliphatic rings. The zero-order valence-electron chi connectivity index (χ0n) is 10.4. The summed E-state index contributed by atoms with van der Waals surface area (Å²) in [5.41, 5.74) is 0. The van der Waals surface area contributed by atoms with Crippen LogP contribution in [0.15, 0.2) is 0 Å². The van der Waals surface area contributed by atoms with Crippen LogP contribution in [0.1, 0.15) is 32.1 Å². The summed E-state index contributed by atoms with van der Waals surface area (Å²) in [4.78, 5) is 24.2. The first kappa shape index (κ1) is 13.1. The highest BCUT2D eigenvalue weighted by molar-refractivity contribution is 5.75. The fraction of sp³-hybridized carbons (Fsp3) is 0.833. The molecule has 0 unspecified atom stereocenters. The highest BCUT2D eigenvalue weighted by Crippen LogP contribution is 2.29. The number of amides is 2. The molecule has 6 nitrogen and oxygen atoms in total. The number of carbonyl (C=O) groups is 2. The third kappa shape index (κ3) is 3.13. The second kappa shape index (κ2) is 6.04. The Morgan fingerprint density at radius 1 is 1.39 bits per heavy atom. The Balaban J connectivity index is 1.75. The van der Waals surface area contributed by atoms with Crippen molar-refractivity contribution in [2.24, 2.45) is 0 Å². The van der Waals surface area contributed by atoms with E-state index in [0.717, 1.165) is 19.3 Å². The summed E-state index contributed by atoms with van der Waals surface area (Å²) >= 11 is 0. The van der Waals surface area contributed by atoms with Crippen LogP contribution in [0.4, 0.5) is 4.79 Å². The quantitative estimate of drug-likeness (QED) is 0.730. The van der Waals surface area contributed by atoms with Crippen molar-refractivity contribution in [3.63, 3.8) is 0 Å². The van der Waals surface area contributed by atoms with Gasteiger partial charge in [-0.25, -0.2) is 4.79 Å². The van der Waals surface area contributed by atoms with E-state index in [4.69, 9.17) is 9.84 Å². The molecule has 0 aromatic rings. The molecule has 0 aromatic heterocycles. The number of carboxylic acids is 1. The molecular formula is C12H20N2O4. The Morgan fingerprint density at radius 3 is 3.00 bits per heavy atom. The maximum atomic E-state index is 12.0. The van der Waals surface area contributed by atoms with Crippen molar-refractivity contribution in [2.75, 3.05) is 19.7 Å². The fourth-order valence-electron chi connectivity index (χ4n) is 2.71. The molecule has 1 saturated carbocycles. The SMILES string of the molecule is O=C(O)CCCNC(=O)N1CCO[C@H]2CCC[C@H]21. The molecule has 1 heterocycles. The molecule has 0 radical (unpaired) electrons. The van der Waals surface area contributed by atoms with E-state index >= 15 is 0 Å². The van der Waals surface area contributed by atoms with E-state index in [1.807, 2.05) is 4.90 Å². The molecule has 2 fully saturated rings. The maximum absolute atomic E-state index is 12.0. The normalized spacial score (nSPS) is 26.8. The van der Waals surface area contributed by atoms with E-state index in [0.29, 0.717) is 26.1 Å². The molecule has 2 rings (SSSR count). The third-order valence-corrected chi connectivity index (χ3v) is 3.59. The van der Waals surface area contributed by atoms with E-state index in [9.17, 15) is 9.59 Å². The Labute approximate surface area is 106 Å². The molecule has 2 amide bonds. The topological polar surface area (TPSA) is 78.9 Å². The lowest BCUT2D eigenvalue weighted by Crippen LogP contribution is -2.54. The van der Waals surface area contributed by atoms with Crippen molar-refractivity contribution in [1.82, 2.24) is 10.2 Å². The second-order valence-corrected chi connectivity index (χ2v) is 4.83. The van der Waals surface area contributed by atoms with Crippen molar-refractivity contribution in [1.29, 1.82) is 0 Å². The molecule has 2 atom stereocenters. The van der Waals surface area contributed by atoms with Gasteiger partial charge in [0, 0.05) is 19.5 Å². The molecule has 6 heteroatoms. The van der Waals surface area contributed by atoms with Gasteiger partial charge in [-0.15, -0.1) is 0 Å². The number of nitrogens with zero attached hydrogens (tertiary/aromatic N) is 1. The van der Waals surface area contributed by atoms with Crippen LogP contribution in [0.25, 0.3) is 0 Å². The van der Waals surface area contributed by atoms with Gasteiger partial charge in [0.1, 0.15) is 0 Å². The number of carboxylic acid groups (broad SMARTS) is 1. The number of hydrogen-bond donors (Lipinski definition) is 2. The van der Waals surface area contributed by atoms with E-state index in [2.05, 4.69) is 5.32 Å². The summed E-state index contributed by atoms with van der Waals surface area (Å²) < 4.78 is 5.64. The summed E-state index contributed by atoms with van der Waals surface area (Å²) in [7, 11) is 0. The average Bonchev–Trinajstić information content (AvgIpc) is 2.82. The molecule has 0 spiro atoms. The number of morpholine rings is 1. The molecule has 18 heavy (non-hydrogen) atoms. The third-order valence-electron chi connectivity index (χ3n) is 3.59. The number of carbonyl (C=O) groups excluding carboxylic acids is 1. The predicted molar refractivity (Wildman–Crippen MR) is 64.4 cm³/mol. The molecule has 1 aliphatic carbocycles. The molecule has 0 bridgehead atoms. The standard InChI is InChI=1S/C12H20N2O4/c15-11(16)5-2-6-13-12(17)14-7-8-18-10-4-1-3-9(10)14/h9-10H,1-8H2,(H,13,17)(H,15,16)/t9-,10+/m1/s1. The molecule has 2 N–H and O–H groups in total. The van der Waals surface area contributed by atoms with Gasteiger partial charge in [0.15, 0.2) is 0 Å². The Bertz CT molecular complexity index is 321. The van der Waals surface area contributed by atoms with Crippen LogP contribution in [0.2, 0.25) is 0 Å². The first-order chi connectivity index (χ1) is 8.68. The summed E-state index contributed by atoms with van der Waals surface area (Å²) in [6.07, 6.45) is 3.91. The van der Waals surface area contributed by atoms with Gasteiger partial charge in [0.25, 0.3) is 0 Å². The van der Waals surface area contributed by atoms with Crippen LogP contribution in [-0.4, -0.2) is 53.8 Å². The largest absolute Gasteiger partial charge is 0.481 e. The molecule has 1 aliphatic heterocycles. The number of aliphatic carboxylic acids is 1. The maximum Gasteiger partial charge on any atom is 0.317 e. The van der Waals surface area contributed by atoms with Crippen molar-refractivity contribution in [3.8, 4) is 0 Å². The zero-order chi connectivity index (χ0) is 13.0. The minimum atomic E-state index is -0.827. The number of hydrogen-bond acceptors (Lipinski definition) is 3. The Kier molecular flexibility index (Phi) is 4.41. The second-order valence-electron chi connectivity index (χ2n) is 4.83. The van der Waals surface area contributed by atoms with Gasteiger partial charge in [0.2, 0.25) is 0 Å². The average molecular weight is 256 g/mol. The lowest BCUT2D eigenvalue weighted by Gasteiger charge is -2.37. The molecular weight excluding hydrogens is 236 g/mol.